The van der Waals surface area contributed by atoms with Gasteiger partial charge in [0.2, 0.25) is 5.95 Å². The lowest BCUT2D eigenvalue weighted by molar-refractivity contribution is 0.0585. The normalized spacial score (nSPS) is 21.8. The molecule has 1 aliphatic carbocycles. The van der Waals surface area contributed by atoms with Crippen LogP contribution in [0.3, 0.4) is 0 Å². The number of rotatable bonds is 5. The van der Waals surface area contributed by atoms with Crippen LogP contribution in [-0.2, 0) is 11.3 Å². The van der Waals surface area contributed by atoms with Crippen LogP contribution in [0.2, 0.25) is 5.02 Å². The minimum Gasteiger partial charge on any atom is -0.381 e. The summed E-state index contributed by atoms with van der Waals surface area (Å²) in [5, 5.41) is 6.69. The molecule has 0 unspecified atom stereocenters. The number of carbonyl (C=O) groups is 1. The Balaban J connectivity index is 1.40. The number of benzene rings is 1. The number of nitrogens with one attached hydrogen (secondary N) is 2. The summed E-state index contributed by atoms with van der Waals surface area (Å²) in [7, 11) is 1.78. The molecule has 1 saturated carbocycles. The number of fused-ring (bicyclic) bond motifs is 1. The largest absolute Gasteiger partial charge is 0.381 e. The molecule has 8 heteroatoms. The van der Waals surface area contributed by atoms with E-state index in [1.807, 2.05) is 18.2 Å². The molecule has 0 bridgehead atoms. The molecule has 1 aromatic heterocycles. The summed E-state index contributed by atoms with van der Waals surface area (Å²) in [6, 6.07) is 7.03. The average molecular weight is 402 g/mol. The molecular formula is C20H24ClN5O2. The molecule has 148 valence electrons. The van der Waals surface area contributed by atoms with Crippen molar-refractivity contribution < 1.29 is 9.53 Å². The maximum atomic E-state index is 12.5. The van der Waals surface area contributed by atoms with Crippen molar-refractivity contribution in [2.45, 2.75) is 38.3 Å². The fourth-order valence-electron chi connectivity index (χ4n) is 3.80. The van der Waals surface area contributed by atoms with Crippen LogP contribution >= 0.6 is 11.6 Å². The third kappa shape index (κ3) is 4.05. The van der Waals surface area contributed by atoms with Crippen LogP contribution in [0.25, 0.3) is 0 Å². The van der Waals surface area contributed by atoms with Crippen LogP contribution in [0.15, 0.2) is 30.5 Å². The van der Waals surface area contributed by atoms with Gasteiger partial charge in [0.1, 0.15) is 5.82 Å². The van der Waals surface area contributed by atoms with E-state index in [0.29, 0.717) is 41.0 Å². The van der Waals surface area contributed by atoms with Gasteiger partial charge >= 0.3 is 6.03 Å². The molecule has 2 N–H and O–H groups in total. The summed E-state index contributed by atoms with van der Waals surface area (Å²) in [6.07, 6.45) is 6.63. The first kappa shape index (κ1) is 19.0. The lowest BCUT2D eigenvalue weighted by atomic mass is 9.87. The molecule has 2 aromatic rings. The summed E-state index contributed by atoms with van der Waals surface area (Å²) < 4.78 is 5.42. The molecule has 2 aliphatic rings. The minimum absolute atomic E-state index is 0.247. The van der Waals surface area contributed by atoms with Crippen molar-refractivity contribution in [1.29, 1.82) is 0 Å². The molecule has 0 radical (unpaired) electrons. The second-order valence-corrected chi connectivity index (χ2v) is 7.70. The van der Waals surface area contributed by atoms with Crippen molar-refractivity contribution in [3.05, 3.63) is 41.0 Å². The Morgan fingerprint density at radius 2 is 2.07 bits per heavy atom. The highest BCUT2D eigenvalue weighted by molar-refractivity contribution is 6.34. The topological polar surface area (TPSA) is 79.4 Å². The number of methoxy groups -OCH3 is 1. The maximum Gasteiger partial charge on any atom is 0.327 e. The first-order valence-electron chi connectivity index (χ1n) is 9.59. The Kier molecular flexibility index (Phi) is 5.64. The zero-order valence-electron chi connectivity index (χ0n) is 15.8. The Hall–Kier alpha value is -2.38. The van der Waals surface area contributed by atoms with Crippen molar-refractivity contribution in [2.24, 2.45) is 5.92 Å². The van der Waals surface area contributed by atoms with Gasteiger partial charge in [-0.05, 0) is 43.7 Å². The zero-order valence-corrected chi connectivity index (χ0v) is 16.6. The van der Waals surface area contributed by atoms with E-state index < -0.39 is 0 Å². The summed E-state index contributed by atoms with van der Waals surface area (Å²) in [5.74, 6) is 1.68. The Morgan fingerprint density at radius 3 is 2.82 bits per heavy atom. The van der Waals surface area contributed by atoms with Crippen LogP contribution in [-0.4, -0.2) is 35.8 Å². The number of anilines is 3. The van der Waals surface area contributed by atoms with Crippen LogP contribution < -0.4 is 15.5 Å². The van der Waals surface area contributed by atoms with E-state index in [9.17, 15) is 4.79 Å². The number of amides is 2. The van der Waals surface area contributed by atoms with Crippen molar-refractivity contribution >= 4 is 35.1 Å². The Bertz CT molecular complexity index is 854. The average Bonchev–Trinajstić information content (AvgIpc) is 2.72. The Morgan fingerprint density at radius 1 is 1.29 bits per heavy atom. The first-order chi connectivity index (χ1) is 13.6. The van der Waals surface area contributed by atoms with Gasteiger partial charge in [-0.2, -0.15) is 4.98 Å². The molecule has 2 heterocycles. The van der Waals surface area contributed by atoms with Gasteiger partial charge in [0, 0.05) is 25.4 Å². The molecule has 1 aromatic carbocycles. The highest BCUT2D eigenvalue weighted by Crippen LogP contribution is 2.31. The number of nitrogens with zero attached hydrogens (tertiary/aromatic N) is 3. The van der Waals surface area contributed by atoms with Crippen LogP contribution in [0.4, 0.5) is 22.2 Å². The molecular weight excluding hydrogens is 378 g/mol. The number of para-hydroxylation sites is 1. The number of carbonyl (C=O) groups excluding carboxylic acids is 1. The maximum absolute atomic E-state index is 12.5. The van der Waals surface area contributed by atoms with Crippen LogP contribution in [0.5, 0.6) is 0 Å². The molecule has 0 saturated heterocycles. The third-order valence-electron chi connectivity index (χ3n) is 5.48. The lowest BCUT2D eigenvalue weighted by Crippen LogP contribution is -2.39. The quantitative estimate of drug-likeness (QED) is 0.780. The second kappa shape index (κ2) is 8.32. The van der Waals surface area contributed by atoms with Gasteiger partial charge in [0.05, 0.1) is 23.4 Å². The predicted octanol–water partition coefficient (Wildman–Crippen LogP) is 4.30. The van der Waals surface area contributed by atoms with Gasteiger partial charge < -0.3 is 10.1 Å². The second-order valence-electron chi connectivity index (χ2n) is 7.29. The number of aromatic nitrogens is 2. The van der Waals surface area contributed by atoms with Gasteiger partial charge in [0.25, 0.3) is 0 Å². The monoisotopic (exact) mass is 401 g/mol. The molecule has 1 fully saturated rings. The molecule has 0 spiro atoms. The van der Waals surface area contributed by atoms with Gasteiger partial charge in [0.15, 0.2) is 0 Å². The van der Waals surface area contributed by atoms with E-state index in [1.54, 1.807) is 24.3 Å². The third-order valence-corrected chi connectivity index (χ3v) is 5.80. The predicted molar refractivity (Wildman–Crippen MR) is 110 cm³/mol. The highest BCUT2D eigenvalue weighted by Gasteiger charge is 2.27. The number of urea groups is 1. The first-order valence-corrected chi connectivity index (χ1v) is 9.97. The van der Waals surface area contributed by atoms with Gasteiger partial charge in [-0.3, -0.25) is 10.2 Å². The van der Waals surface area contributed by atoms with Crippen molar-refractivity contribution in [3.8, 4) is 0 Å². The van der Waals surface area contributed by atoms with E-state index in [-0.39, 0.29) is 6.03 Å². The van der Waals surface area contributed by atoms with E-state index in [0.717, 1.165) is 37.8 Å². The number of halogens is 1. The molecule has 7 nitrogen and oxygen atoms in total. The van der Waals surface area contributed by atoms with E-state index >= 15 is 0 Å². The van der Waals surface area contributed by atoms with Crippen molar-refractivity contribution in [2.75, 3.05) is 29.2 Å². The van der Waals surface area contributed by atoms with Gasteiger partial charge in [-0.15, -0.1) is 0 Å². The van der Waals surface area contributed by atoms with Crippen LogP contribution in [0, 0.1) is 5.92 Å². The standard InChI is InChI=1S/C20H24ClN5O2/c1-28-15-8-6-13(7-9-15)10-22-19-23-11-14-12-26(20(27)25-18(14)24-19)17-5-3-2-4-16(17)21/h2-5,11,13,15H,6-10,12H2,1H3,(H2,22,23,24,25,27). The number of ether oxygens (including phenoxy) is 1. The number of hydrogen-bond acceptors (Lipinski definition) is 5. The molecule has 2 amide bonds. The summed E-state index contributed by atoms with van der Waals surface area (Å²) in [4.78, 5) is 23.1. The summed E-state index contributed by atoms with van der Waals surface area (Å²) in [6.45, 7) is 1.21. The molecule has 1 aliphatic heterocycles. The molecule has 4 rings (SSSR count). The van der Waals surface area contributed by atoms with Gasteiger partial charge in [-0.25, -0.2) is 9.78 Å². The molecule has 28 heavy (non-hydrogen) atoms. The van der Waals surface area contributed by atoms with E-state index in [4.69, 9.17) is 16.3 Å². The van der Waals surface area contributed by atoms with Crippen molar-refractivity contribution in [3.63, 3.8) is 0 Å². The molecule has 0 atom stereocenters. The lowest BCUT2D eigenvalue weighted by Gasteiger charge is -2.29. The smallest absolute Gasteiger partial charge is 0.327 e. The van der Waals surface area contributed by atoms with Crippen molar-refractivity contribution in [1.82, 2.24) is 9.97 Å². The van der Waals surface area contributed by atoms with Gasteiger partial charge in [-0.1, -0.05) is 23.7 Å². The van der Waals surface area contributed by atoms with Crippen LogP contribution in [0.1, 0.15) is 31.2 Å². The summed E-state index contributed by atoms with van der Waals surface area (Å²) >= 11 is 6.24. The van der Waals surface area contributed by atoms with E-state index in [1.165, 1.54) is 0 Å². The SMILES string of the molecule is COC1CCC(CNc2ncc3c(n2)NC(=O)N(c2ccccc2Cl)C3)CC1. The summed E-state index contributed by atoms with van der Waals surface area (Å²) in [5.41, 5.74) is 1.52. The fourth-order valence-corrected chi connectivity index (χ4v) is 4.04. The highest BCUT2D eigenvalue weighted by atomic mass is 35.5. The Labute approximate surface area is 169 Å². The zero-order chi connectivity index (χ0) is 19.5. The van der Waals surface area contributed by atoms with E-state index in [2.05, 4.69) is 20.6 Å². The number of hydrogen-bond donors (Lipinski definition) is 2. The fraction of sp³-hybridized carbons (Fsp3) is 0.450. The minimum atomic E-state index is -0.247.